The maximum atomic E-state index is 14.2. The van der Waals surface area contributed by atoms with Crippen LogP contribution in [0.3, 0.4) is 0 Å². The van der Waals surface area contributed by atoms with E-state index < -0.39 is 22.9 Å². The second-order valence-electron chi connectivity index (χ2n) is 11.4. The highest BCUT2D eigenvalue weighted by Crippen LogP contribution is 2.37. The smallest absolute Gasteiger partial charge is 0.407 e. The van der Waals surface area contributed by atoms with E-state index in [0.717, 1.165) is 19.4 Å². The number of benzene rings is 1. The predicted octanol–water partition coefficient (Wildman–Crippen LogP) is 2.03. The highest BCUT2D eigenvalue weighted by molar-refractivity contribution is 5.77. The van der Waals surface area contributed by atoms with E-state index in [4.69, 9.17) is 4.74 Å². The molecule has 4 heterocycles. The highest BCUT2D eigenvalue weighted by Gasteiger charge is 2.43. The van der Waals surface area contributed by atoms with Gasteiger partial charge in [-0.15, -0.1) is 5.92 Å². The number of hydrogen-bond donors (Lipinski definition) is 1. The molecule has 5 rings (SSSR count). The predicted molar refractivity (Wildman–Crippen MR) is 157 cm³/mol. The number of carbonyl (C=O) groups is 1. The minimum atomic E-state index is -0.594. The lowest BCUT2D eigenvalue weighted by Crippen LogP contribution is -2.60. The molecule has 0 aliphatic carbocycles. The third kappa shape index (κ3) is 5.37. The Morgan fingerprint density at radius 3 is 2.59 bits per heavy atom. The van der Waals surface area contributed by atoms with Crippen molar-refractivity contribution in [2.75, 3.05) is 36.5 Å². The number of carbonyl (C=O) groups excluding carboxylic acids is 1. The van der Waals surface area contributed by atoms with Gasteiger partial charge in [0.25, 0.3) is 5.56 Å². The van der Waals surface area contributed by atoms with Gasteiger partial charge < -0.3 is 19.9 Å². The van der Waals surface area contributed by atoms with Gasteiger partial charge in [-0.3, -0.25) is 24.2 Å². The number of piperidine rings is 1. The zero-order valence-corrected chi connectivity index (χ0v) is 24.3. The molecule has 1 saturated heterocycles. The zero-order valence-electron chi connectivity index (χ0n) is 24.3. The minimum Gasteiger partial charge on any atom is -0.444 e. The zero-order chi connectivity index (χ0) is 29.5. The minimum absolute atomic E-state index is 0.131. The van der Waals surface area contributed by atoms with E-state index >= 15 is 0 Å². The fourth-order valence-electron chi connectivity index (χ4n) is 5.67. The highest BCUT2D eigenvalue weighted by atomic mass is 16.6. The number of fused-ring (bicyclic) bond motifs is 2. The maximum Gasteiger partial charge on any atom is 0.407 e. The first-order valence-corrected chi connectivity index (χ1v) is 13.7. The average molecular weight is 561 g/mol. The number of nitrogens with one attached hydrogen (secondary N) is 1. The quantitative estimate of drug-likeness (QED) is 0.478. The third-order valence-corrected chi connectivity index (χ3v) is 7.30. The summed E-state index contributed by atoms with van der Waals surface area (Å²) in [5.74, 6) is 6.57. The summed E-state index contributed by atoms with van der Waals surface area (Å²) in [5, 5.41) is 3.00. The Labute approximate surface area is 238 Å². The van der Waals surface area contributed by atoms with Gasteiger partial charge in [-0.05, 0) is 58.7 Å². The summed E-state index contributed by atoms with van der Waals surface area (Å²) in [4.78, 5) is 55.1. The fraction of sp³-hybridized carbons (Fsp3) is 0.483. The van der Waals surface area contributed by atoms with Crippen LogP contribution in [-0.2, 0) is 11.8 Å². The summed E-state index contributed by atoms with van der Waals surface area (Å²) in [6.45, 7) is 8.83. The van der Waals surface area contributed by atoms with Gasteiger partial charge >= 0.3 is 11.8 Å². The lowest BCUT2D eigenvalue weighted by Gasteiger charge is -2.42. The second kappa shape index (κ2) is 10.9. The van der Waals surface area contributed by atoms with Crippen LogP contribution >= 0.6 is 0 Å². The first kappa shape index (κ1) is 28.2. The summed E-state index contributed by atoms with van der Waals surface area (Å²) in [6, 6.07) is 5.02. The van der Waals surface area contributed by atoms with Gasteiger partial charge in [0.05, 0.1) is 23.3 Å². The Hall–Kier alpha value is -4.37. The average Bonchev–Trinajstić information content (AvgIpc) is 3.21. The van der Waals surface area contributed by atoms with Crippen molar-refractivity contribution >= 4 is 28.6 Å². The molecule has 2 atom stereocenters. The first-order valence-electron chi connectivity index (χ1n) is 13.7. The molecule has 1 fully saturated rings. The first-order chi connectivity index (χ1) is 19.5. The van der Waals surface area contributed by atoms with E-state index in [9.17, 15) is 14.4 Å². The summed E-state index contributed by atoms with van der Waals surface area (Å²) in [6.07, 6.45) is 3.99. The van der Waals surface area contributed by atoms with Gasteiger partial charge in [-0.1, -0.05) is 5.92 Å². The molecule has 0 radical (unpaired) electrons. The Bertz CT molecular complexity index is 1660. The molecule has 1 amide bonds. The number of hydrogen-bond acceptors (Lipinski definition) is 9. The summed E-state index contributed by atoms with van der Waals surface area (Å²) < 4.78 is 8.16. The monoisotopic (exact) mass is 560 g/mol. The number of nitrogens with zero attached hydrogens (tertiary/aromatic N) is 7. The molecule has 0 saturated carbocycles. The van der Waals surface area contributed by atoms with Crippen molar-refractivity contribution in [1.82, 2.24) is 29.3 Å². The lowest BCUT2D eigenvalue weighted by atomic mass is 10.1. The third-order valence-electron chi connectivity index (χ3n) is 7.30. The number of anilines is 2. The van der Waals surface area contributed by atoms with E-state index in [1.807, 2.05) is 37.6 Å². The SMILES string of the molecule is CC#CCN1c2c(n(C)c(=O)n(-c3ccc4nccnc4c3)c2=O)N(C)C1N1CCC[C@@H](NC(=O)OC(C)(C)C)C1. The van der Waals surface area contributed by atoms with Crippen LogP contribution in [0.15, 0.2) is 40.2 Å². The molecule has 1 aromatic carbocycles. The van der Waals surface area contributed by atoms with Gasteiger partial charge in [-0.25, -0.2) is 14.2 Å². The number of likely N-dealkylation sites (tertiary alicyclic amines) is 1. The Morgan fingerprint density at radius 1 is 1.15 bits per heavy atom. The number of rotatable bonds is 4. The van der Waals surface area contributed by atoms with Gasteiger partial charge in [-0.2, -0.15) is 0 Å². The molecule has 41 heavy (non-hydrogen) atoms. The van der Waals surface area contributed by atoms with Crippen LogP contribution in [0.5, 0.6) is 0 Å². The van der Waals surface area contributed by atoms with Gasteiger partial charge in [0, 0.05) is 45.6 Å². The summed E-state index contributed by atoms with van der Waals surface area (Å²) in [7, 11) is 3.55. The number of ether oxygens (including phenoxy) is 1. The Balaban J connectivity index is 1.54. The van der Waals surface area contributed by atoms with E-state index in [2.05, 4.69) is 32.0 Å². The lowest BCUT2D eigenvalue weighted by molar-refractivity contribution is 0.0456. The van der Waals surface area contributed by atoms with E-state index in [0.29, 0.717) is 34.8 Å². The molecule has 0 spiro atoms. The van der Waals surface area contributed by atoms with Crippen molar-refractivity contribution in [1.29, 1.82) is 0 Å². The molecule has 216 valence electrons. The topological polar surface area (TPSA) is 118 Å². The molecular formula is C29H36N8O4. The fourth-order valence-corrected chi connectivity index (χ4v) is 5.67. The molecule has 1 N–H and O–H groups in total. The van der Waals surface area contributed by atoms with E-state index in [-0.39, 0.29) is 18.9 Å². The number of amides is 1. The van der Waals surface area contributed by atoms with Crippen LogP contribution in [0, 0.1) is 11.8 Å². The normalized spacial score (nSPS) is 19.1. The molecule has 12 heteroatoms. The molecule has 2 aromatic heterocycles. The van der Waals surface area contributed by atoms with Crippen LogP contribution in [0.25, 0.3) is 16.7 Å². The van der Waals surface area contributed by atoms with Crippen LogP contribution in [0.1, 0.15) is 40.5 Å². The van der Waals surface area contributed by atoms with Gasteiger partial charge in [0.15, 0.2) is 6.29 Å². The number of alkyl carbamates (subject to hydrolysis) is 1. The van der Waals surface area contributed by atoms with Crippen molar-refractivity contribution in [3.05, 3.63) is 51.4 Å². The van der Waals surface area contributed by atoms with Crippen molar-refractivity contribution in [3.63, 3.8) is 0 Å². The molecule has 2 aliphatic rings. The van der Waals surface area contributed by atoms with Crippen LogP contribution in [0.4, 0.5) is 16.3 Å². The molecule has 3 aromatic rings. The van der Waals surface area contributed by atoms with Crippen molar-refractivity contribution in [2.24, 2.45) is 7.05 Å². The maximum absolute atomic E-state index is 14.2. The molecule has 1 unspecified atom stereocenters. The van der Waals surface area contributed by atoms with Gasteiger partial charge in [0.2, 0.25) is 0 Å². The Kier molecular flexibility index (Phi) is 7.48. The molecular weight excluding hydrogens is 524 g/mol. The second-order valence-corrected chi connectivity index (χ2v) is 11.4. The largest absolute Gasteiger partial charge is 0.444 e. The Morgan fingerprint density at radius 2 is 1.88 bits per heavy atom. The molecule has 2 aliphatic heterocycles. The molecule has 0 bridgehead atoms. The molecule has 12 nitrogen and oxygen atoms in total. The van der Waals surface area contributed by atoms with E-state index in [1.165, 1.54) is 9.13 Å². The van der Waals surface area contributed by atoms with Crippen LogP contribution in [-0.4, -0.2) is 74.7 Å². The van der Waals surface area contributed by atoms with Crippen molar-refractivity contribution in [3.8, 4) is 17.5 Å². The van der Waals surface area contributed by atoms with Crippen molar-refractivity contribution in [2.45, 2.75) is 58.5 Å². The summed E-state index contributed by atoms with van der Waals surface area (Å²) in [5.41, 5.74) is 0.570. The van der Waals surface area contributed by atoms with E-state index in [1.54, 1.807) is 44.6 Å². The van der Waals surface area contributed by atoms with Gasteiger partial charge in [0.1, 0.15) is 17.1 Å². The standard InChI is InChI=1S/C29H36N8O4/c1-7-8-16-36-23-24(33(5)27(36)35-15-9-10-19(18-35)32-26(39)41-29(2,3)4)34(6)28(40)37(25(23)38)20-11-12-21-22(17-20)31-14-13-30-21/h11-14,17,19,27H,9-10,15-16,18H2,1-6H3,(H,32,39)/t19-,27?/m1/s1. The van der Waals surface area contributed by atoms with Crippen molar-refractivity contribution < 1.29 is 9.53 Å². The van der Waals surface area contributed by atoms with Crippen LogP contribution in [0.2, 0.25) is 0 Å². The number of aromatic nitrogens is 4. The summed E-state index contributed by atoms with van der Waals surface area (Å²) >= 11 is 0. The van der Waals surface area contributed by atoms with Crippen LogP contribution < -0.4 is 26.4 Å².